The molecule has 1 N–H and O–H groups in total. The number of amides is 1. The molecule has 3 aromatic rings. The maximum atomic E-state index is 13.0. The van der Waals surface area contributed by atoms with Gasteiger partial charge in [0.1, 0.15) is 0 Å². The number of fused-ring (bicyclic) bond motifs is 1. The second-order valence-electron chi connectivity index (χ2n) is 6.92. The van der Waals surface area contributed by atoms with Gasteiger partial charge in [-0.2, -0.15) is 0 Å². The number of rotatable bonds is 7. The highest BCUT2D eigenvalue weighted by Gasteiger charge is 2.20. The molecule has 0 saturated carbocycles. The van der Waals surface area contributed by atoms with Crippen LogP contribution in [0, 0.1) is 5.92 Å². The third-order valence-corrected chi connectivity index (χ3v) is 6.30. The largest absolute Gasteiger partial charge is 0.350 e. The summed E-state index contributed by atoms with van der Waals surface area (Å²) in [6.45, 7) is 6.95. The number of aromatic nitrogens is 2. The number of halogens is 1. The van der Waals surface area contributed by atoms with Gasteiger partial charge in [-0.15, -0.1) is 11.3 Å². The van der Waals surface area contributed by atoms with E-state index in [1.807, 2.05) is 38.3 Å². The molecule has 2 heterocycles. The van der Waals surface area contributed by atoms with Crippen molar-refractivity contribution in [3.8, 4) is 0 Å². The minimum absolute atomic E-state index is 0.0880. The lowest BCUT2D eigenvalue weighted by Crippen LogP contribution is -2.32. The Bertz CT molecular complexity index is 1030. The summed E-state index contributed by atoms with van der Waals surface area (Å²) in [5.41, 5.74) is 0.440. The van der Waals surface area contributed by atoms with E-state index in [-0.39, 0.29) is 22.6 Å². The summed E-state index contributed by atoms with van der Waals surface area (Å²) >= 11 is 8.97. The molecule has 1 amide bonds. The van der Waals surface area contributed by atoms with E-state index in [1.54, 1.807) is 34.1 Å². The molecule has 1 atom stereocenters. The molecule has 5 nitrogen and oxygen atoms in total. The van der Waals surface area contributed by atoms with Gasteiger partial charge in [0.15, 0.2) is 5.16 Å². The molecule has 8 heteroatoms. The van der Waals surface area contributed by atoms with E-state index in [0.717, 1.165) is 4.88 Å². The minimum Gasteiger partial charge on any atom is -0.350 e. The highest BCUT2D eigenvalue weighted by molar-refractivity contribution is 8.00. The van der Waals surface area contributed by atoms with E-state index in [4.69, 9.17) is 11.6 Å². The predicted octanol–water partition coefficient (Wildman–Crippen LogP) is 4.56. The fourth-order valence-corrected chi connectivity index (χ4v) is 4.49. The van der Waals surface area contributed by atoms with E-state index in [1.165, 1.54) is 11.8 Å². The summed E-state index contributed by atoms with van der Waals surface area (Å²) in [5.74, 6) is 0.182. The van der Waals surface area contributed by atoms with Crippen LogP contribution in [0.2, 0.25) is 5.02 Å². The van der Waals surface area contributed by atoms with Gasteiger partial charge in [-0.3, -0.25) is 14.2 Å². The van der Waals surface area contributed by atoms with Gasteiger partial charge in [0, 0.05) is 16.4 Å². The second kappa shape index (κ2) is 9.11. The van der Waals surface area contributed by atoms with Crippen molar-refractivity contribution in [1.29, 1.82) is 0 Å². The van der Waals surface area contributed by atoms with Crippen molar-refractivity contribution in [1.82, 2.24) is 14.9 Å². The summed E-state index contributed by atoms with van der Waals surface area (Å²) in [6.07, 6.45) is 0. The minimum atomic E-state index is -0.387. The van der Waals surface area contributed by atoms with Gasteiger partial charge >= 0.3 is 0 Å². The molecule has 0 bridgehead atoms. The lowest BCUT2D eigenvalue weighted by molar-refractivity contribution is -0.120. The van der Waals surface area contributed by atoms with Crippen LogP contribution in [0.5, 0.6) is 0 Å². The van der Waals surface area contributed by atoms with Crippen molar-refractivity contribution in [2.24, 2.45) is 5.92 Å². The average molecular weight is 436 g/mol. The standard InChI is InChI=1S/C20H22ClN3O2S2/c1-12(2)11-24-19(26)16-7-6-14(21)9-17(16)23-20(24)28-13(3)18(25)22-10-15-5-4-8-27-15/h4-9,12-13H,10-11H2,1-3H3,(H,22,25)/t13-/m0/s1. The monoisotopic (exact) mass is 435 g/mol. The molecule has 0 unspecified atom stereocenters. The van der Waals surface area contributed by atoms with Crippen LogP contribution in [0.1, 0.15) is 25.6 Å². The van der Waals surface area contributed by atoms with Gasteiger partial charge in [0.25, 0.3) is 5.56 Å². The summed E-state index contributed by atoms with van der Waals surface area (Å²) in [4.78, 5) is 31.3. The van der Waals surface area contributed by atoms with Crippen LogP contribution in [0.15, 0.2) is 45.7 Å². The van der Waals surface area contributed by atoms with Crippen LogP contribution in [0.3, 0.4) is 0 Å². The highest BCUT2D eigenvalue weighted by atomic mass is 35.5. The summed E-state index contributed by atoms with van der Waals surface area (Å²) in [5, 5.41) is 6.13. The lowest BCUT2D eigenvalue weighted by atomic mass is 10.2. The van der Waals surface area contributed by atoms with Crippen molar-refractivity contribution in [3.63, 3.8) is 0 Å². The molecule has 0 radical (unpaired) electrons. The average Bonchev–Trinajstić information content (AvgIpc) is 3.16. The number of carbonyl (C=O) groups excluding carboxylic acids is 1. The number of nitrogens with one attached hydrogen (secondary N) is 1. The molecule has 0 aliphatic carbocycles. The molecular formula is C20H22ClN3O2S2. The Kier molecular flexibility index (Phi) is 6.80. The highest BCUT2D eigenvalue weighted by Crippen LogP contribution is 2.24. The molecule has 148 valence electrons. The van der Waals surface area contributed by atoms with Crippen molar-refractivity contribution >= 4 is 51.5 Å². The number of benzene rings is 1. The number of thiophene rings is 1. The Labute approximate surface area is 177 Å². The third kappa shape index (κ3) is 4.96. The third-order valence-electron chi connectivity index (χ3n) is 4.10. The Morgan fingerprint density at radius 2 is 2.11 bits per heavy atom. The number of thioether (sulfide) groups is 1. The first kappa shape index (κ1) is 20.9. The zero-order valence-corrected chi connectivity index (χ0v) is 18.3. The van der Waals surface area contributed by atoms with Crippen molar-refractivity contribution < 1.29 is 4.79 Å². The van der Waals surface area contributed by atoms with Crippen LogP contribution in [-0.2, 0) is 17.9 Å². The summed E-state index contributed by atoms with van der Waals surface area (Å²) in [6, 6.07) is 9.02. The van der Waals surface area contributed by atoms with Gasteiger partial charge in [0.05, 0.1) is 22.7 Å². The van der Waals surface area contributed by atoms with Crippen LogP contribution in [0.25, 0.3) is 10.9 Å². The van der Waals surface area contributed by atoms with Gasteiger partial charge in [0.2, 0.25) is 5.91 Å². The topological polar surface area (TPSA) is 64.0 Å². The van der Waals surface area contributed by atoms with E-state index in [0.29, 0.717) is 34.2 Å². The first-order chi connectivity index (χ1) is 13.3. The van der Waals surface area contributed by atoms with E-state index >= 15 is 0 Å². The fraction of sp³-hybridized carbons (Fsp3) is 0.350. The quantitative estimate of drug-likeness (QED) is 0.436. The van der Waals surface area contributed by atoms with E-state index in [2.05, 4.69) is 10.3 Å². The maximum Gasteiger partial charge on any atom is 0.262 e. The zero-order valence-electron chi connectivity index (χ0n) is 15.9. The molecule has 3 rings (SSSR count). The normalized spacial score (nSPS) is 12.5. The van der Waals surface area contributed by atoms with Crippen LogP contribution in [-0.4, -0.2) is 20.7 Å². The smallest absolute Gasteiger partial charge is 0.262 e. The first-order valence-electron chi connectivity index (χ1n) is 9.02. The van der Waals surface area contributed by atoms with Crippen LogP contribution in [0.4, 0.5) is 0 Å². The first-order valence-corrected chi connectivity index (χ1v) is 11.2. The maximum absolute atomic E-state index is 13.0. The Morgan fingerprint density at radius 3 is 2.79 bits per heavy atom. The molecule has 2 aromatic heterocycles. The Balaban J connectivity index is 1.87. The number of hydrogen-bond donors (Lipinski definition) is 1. The second-order valence-corrected chi connectivity index (χ2v) is 9.70. The van der Waals surface area contributed by atoms with Crippen LogP contribution < -0.4 is 10.9 Å². The fourth-order valence-electron chi connectivity index (χ4n) is 2.73. The molecule has 0 aliphatic heterocycles. The van der Waals surface area contributed by atoms with Gasteiger partial charge < -0.3 is 5.32 Å². The molecular weight excluding hydrogens is 414 g/mol. The van der Waals surface area contributed by atoms with E-state index < -0.39 is 0 Å². The Hall–Kier alpha value is -1.83. The molecule has 1 aromatic carbocycles. The number of carbonyl (C=O) groups is 1. The number of hydrogen-bond acceptors (Lipinski definition) is 5. The predicted molar refractivity (Wildman–Crippen MR) is 117 cm³/mol. The lowest BCUT2D eigenvalue weighted by Gasteiger charge is -2.17. The van der Waals surface area contributed by atoms with Crippen molar-refractivity contribution in [3.05, 3.63) is 56.0 Å². The van der Waals surface area contributed by atoms with Crippen LogP contribution >= 0.6 is 34.7 Å². The molecule has 0 saturated heterocycles. The summed E-state index contributed by atoms with van der Waals surface area (Å²) < 4.78 is 1.66. The molecule has 0 spiro atoms. The van der Waals surface area contributed by atoms with E-state index in [9.17, 15) is 9.59 Å². The van der Waals surface area contributed by atoms with Gasteiger partial charge in [-0.1, -0.05) is 43.3 Å². The Morgan fingerprint density at radius 1 is 1.32 bits per heavy atom. The van der Waals surface area contributed by atoms with Crippen molar-refractivity contribution in [2.45, 2.75) is 44.3 Å². The molecule has 28 heavy (non-hydrogen) atoms. The molecule has 0 aliphatic rings. The summed E-state index contributed by atoms with van der Waals surface area (Å²) in [7, 11) is 0. The zero-order chi connectivity index (χ0) is 20.3. The molecule has 0 fully saturated rings. The number of nitrogens with zero attached hydrogens (tertiary/aromatic N) is 2. The van der Waals surface area contributed by atoms with Gasteiger partial charge in [-0.05, 0) is 42.5 Å². The SMILES string of the molecule is CC(C)Cn1c(S[C@@H](C)C(=O)NCc2cccs2)nc2cc(Cl)ccc2c1=O. The van der Waals surface area contributed by atoms with Crippen molar-refractivity contribution in [2.75, 3.05) is 0 Å². The van der Waals surface area contributed by atoms with Gasteiger partial charge in [-0.25, -0.2) is 4.98 Å².